The van der Waals surface area contributed by atoms with Crippen molar-refractivity contribution in [3.63, 3.8) is 0 Å². The lowest BCUT2D eigenvalue weighted by molar-refractivity contribution is -0.120. The van der Waals surface area contributed by atoms with Crippen molar-refractivity contribution in [3.8, 4) is 0 Å². The van der Waals surface area contributed by atoms with Crippen LogP contribution in [0.1, 0.15) is 10.4 Å². The molecule has 0 aliphatic carbocycles. The van der Waals surface area contributed by atoms with E-state index >= 15 is 0 Å². The molecule has 0 aromatic heterocycles. The van der Waals surface area contributed by atoms with Crippen molar-refractivity contribution in [2.24, 2.45) is 0 Å². The van der Waals surface area contributed by atoms with Gasteiger partial charge in [0.25, 0.3) is 17.7 Å². The molecule has 0 fully saturated rings. The second-order valence-electron chi connectivity index (χ2n) is 6.90. The summed E-state index contributed by atoms with van der Waals surface area (Å²) in [5, 5.41) is 5.42. The molecular weight excluding hydrogens is 492 g/mol. The third-order valence-corrected chi connectivity index (χ3v) is 5.56. The molecule has 10 heteroatoms. The number of anilines is 3. The van der Waals surface area contributed by atoms with Gasteiger partial charge in [-0.2, -0.15) is 0 Å². The van der Waals surface area contributed by atoms with Crippen LogP contribution in [0.2, 0.25) is 10.0 Å². The average Bonchev–Trinajstić information content (AvgIpc) is 3.00. The summed E-state index contributed by atoms with van der Waals surface area (Å²) >= 11 is 17.8. The van der Waals surface area contributed by atoms with Crippen LogP contribution in [-0.4, -0.2) is 17.7 Å². The van der Waals surface area contributed by atoms with Crippen LogP contribution >= 0.6 is 34.8 Å². The fourth-order valence-corrected chi connectivity index (χ4v) is 3.67. The van der Waals surface area contributed by atoms with Gasteiger partial charge in [-0.1, -0.05) is 40.9 Å². The first-order valence-electron chi connectivity index (χ1n) is 9.42. The Morgan fingerprint density at radius 1 is 0.848 bits per heavy atom. The maximum Gasteiger partial charge on any atom is 0.283 e. The van der Waals surface area contributed by atoms with Gasteiger partial charge in [-0.25, -0.2) is 9.29 Å². The molecule has 4 rings (SSSR count). The van der Waals surface area contributed by atoms with E-state index in [4.69, 9.17) is 34.8 Å². The first-order valence-corrected chi connectivity index (χ1v) is 10.6. The quantitative estimate of drug-likeness (QED) is 0.429. The number of rotatable bonds is 5. The van der Waals surface area contributed by atoms with E-state index in [1.54, 1.807) is 30.3 Å². The molecule has 166 valence electrons. The molecule has 0 unspecified atom stereocenters. The Labute approximate surface area is 202 Å². The first-order chi connectivity index (χ1) is 15.7. The monoisotopic (exact) mass is 503 g/mol. The molecule has 0 spiro atoms. The Morgan fingerprint density at radius 2 is 1.55 bits per heavy atom. The number of hydrogen-bond donors (Lipinski definition) is 2. The molecule has 0 radical (unpaired) electrons. The van der Waals surface area contributed by atoms with Gasteiger partial charge >= 0.3 is 0 Å². The molecule has 0 saturated heterocycles. The van der Waals surface area contributed by atoms with E-state index in [2.05, 4.69) is 10.6 Å². The van der Waals surface area contributed by atoms with Crippen LogP contribution in [0.15, 0.2) is 77.5 Å². The van der Waals surface area contributed by atoms with Crippen LogP contribution in [0.25, 0.3) is 0 Å². The van der Waals surface area contributed by atoms with Crippen LogP contribution in [0.4, 0.5) is 21.5 Å². The molecule has 1 heterocycles. The van der Waals surface area contributed by atoms with Crippen LogP contribution < -0.4 is 15.5 Å². The summed E-state index contributed by atoms with van der Waals surface area (Å²) in [5.74, 6) is -2.35. The van der Waals surface area contributed by atoms with E-state index in [9.17, 15) is 18.8 Å². The minimum Gasteiger partial charge on any atom is -0.350 e. The molecule has 6 nitrogen and oxygen atoms in total. The number of hydrogen-bond acceptors (Lipinski definition) is 4. The maximum atomic E-state index is 13.3. The van der Waals surface area contributed by atoms with Crippen molar-refractivity contribution < 1.29 is 18.8 Å². The second kappa shape index (κ2) is 9.23. The summed E-state index contributed by atoms with van der Waals surface area (Å²) in [4.78, 5) is 38.7. The van der Waals surface area contributed by atoms with E-state index in [0.29, 0.717) is 27.6 Å². The standard InChI is InChI=1S/C23H13Cl3FN3O3/c24-13-2-1-3-16(10-13)30-22(32)19(26)20(23(30)33)28-14-6-4-12(5-7-14)21(31)29-15-8-9-18(27)17(25)11-15/h1-11,28H,(H,29,31). The lowest BCUT2D eigenvalue weighted by atomic mass is 10.2. The predicted octanol–water partition coefficient (Wildman–Crippen LogP) is 5.82. The minimum absolute atomic E-state index is 0.0974. The van der Waals surface area contributed by atoms with Crippen molar-refractivity contribution >= 4 is 69.6 Å². The highest BCUT2D eigenvalue weighted by Crippen LogP contribution is 2.31. The van der Waals surface area contributed by atoms with Gasteiger partial charge < -0.3 is 10.6 Å². The zero-order chi connectivity index (χ0) is 23.7. The zero-order valence-corrected chi connectivity index (χ0v) is 18.8. The van der Waals surface area contributed by atoms with Crippen molar-refractivity contribution in [2.45, 2.75) is 0 Å². The molecule has 1 aliphatic heterocycles. The van der Waals surface area contributed by atoms with E-state index in [0.717, 1.165) is 11.0 Å². The second-order valence-corrected chi connectivity index (χ2v) is 8.12. The van der Waals surface area contributed by atoms with E-state index < -0.39 is 23.5 Å². The summed E-state index contributed by atoms with van der Waals surface area (Å²) in [6.45, 7) is 0. The van der Waals surface area contributed by atoms with Gasteiger partial charge in [0.2, 0.25) is 0 Å². The number of benzene rings is 3. The molecule has 2 N–H and O–H groups in total. The van der Waals surface area contributed by atoms with E-state index in [-0.39, 0.29) is 15.8 Å². The number of carbonyl (C=O) groups excluding carboxylic acids is 3. The normalized spacial score (nSPS) is 13.5. The van der Waals surface area contributed by atoms with Gasteiger partial charge in [0.1, 0.15) is 16.5 Å². The topological polar surface area (TPSA) is 78.5 Å². The highest BCUT2D eigenvalue weighted by molar-refractivity contribution is 6.53. The number of imide groups is 1. The number of amides is 3. The van der Waals surface area contributed by atoms with E-state index in [1.165, 1.54) is 30.3 Å². The molecular formula is C23H13Cl3FN3O3. The van der Waals surface area contributed by atoms with Gasteiger partial charge in [-0.05, 0) is 60.7 Å². The third-order valence-electron chi connectivity index (χ3n) is 4.69. The lowest BCUT2D eigenvalue weighted by Gasteiger charge is -2.15. The molecule has 0 atom stereocenters. The average molecular weight is 505 g/mol. The first kappa shape index (κ1) is 22.8. The largest absolute Gasteiger partial charge is 0.350 e. The molecule has 0 bridgehead atoms. The Kier molecular flexibility index (Phi) is 6.37. The van der Waals surface area contributed by atoms with Crippen LogP contribution in [0.3, 0.4) is 0 Å². The molecule has 0 saturated carbocycles. The van der Waals surface area contributed by atoms with Gasteiger partial charge in [0.05, 0.1) is 10.7 Å². The molecule has 33 heavy (non-hydrogen) atoms. The fraction of sp³-hybridized carbons (Fsp3) is 0. The van der Waals surface area contributed by atoms with Crippen molar-refractivity contribution in [1.29, 1.82) is 0 Å². The summed E-state index contributed by atoms with van der Waals surface area (Å²) in [6, 6.07) is 16.2. The van der Waals surface area contributed by atoms with Gasteiger partial charge in [-0.3, -0.25) is 14.4 Å². The SMILES string of the molecule is O=C(Nc1ccc(F)c(Cl)c1)c1ccc(NC2=C(Cl)C(=O)N(c3cccc(Cl)c3)C2=O)cc1. The summed E-state index contributed by atoms with van der Waals surface area (Å²) < 4.78 is 13.3. The number of nitrogens with one attached hydrogen (secondary N) is 2. The van der Waals surface area contributed by atoms with Gasteiger partial charge in [0, 0.05) is 22.0 Å². The highest BCUT2D eigenvalue weighted by atomic mass is 35.5. The van der Waals surface area contributed by atoms with Crippen molar-refractivity contribution in [3.05, 3.63) is 98.9 Å². The number of carbonyl (C=O) groups is 3. The molecule has 3 amide bonds. The Balaban J connectivity index is 1.48. The smallest absolute Gasteiger partial charge is 0.283 e. The summed E-state index contributed by atoms with van der Waals surface area (Å²) in [5.41, 5.74) is 1.26. The van der Waals surface area contributed by atoms with Crippen LogP contribution in [0.5, 0.6) is 0 Å². The predicted molar refractivity (Wildman–Crippen MR) is 126 cm³/mol. The van der Waals surface area contributed by atoms with E-state index in [1.807, 2.05) is 0 Å². The van der Waals surface area contributed by atoms with Crippen molar-refractivity contribution in [1.82, 2.24) is 0 Å². The number of halogens is 4. The zero-order valence-electron chi connectivity index (χ0n) is 16.5. The summed E-state index contributed by atoms with van der Waals surface area (Å²) in [7, 11) is 0. The minimum atomic E-state index is -0.680. The maximum absolute atomic E-state index is 13.3. The van der Waals surface area contributed by atoms with Crippen LogP contribution in [-0.2, 0) is 9.59 Å². The van der Waals surface area contributed by atoms with Crippen molar-refractivity contribution in [2.75, 3.05) is 15.5 Å². The Morgan fingerprint density at radius 3 is 2.21 bits per heavy atom. The molecule has 3 aromatic rings. The lowest BCUT2D eigenvalue weighted by Crippen LogP contribution is -2.32. The Hall–Kier alpha value is -3.39. The third kappa shape index (κ3) is 4.71. The van der Waals surface area contributed by atoms with Gasteiger partial charge in [-0.15, -0.1) is 0 Å². The summed E-state index contributed by atoms with van der Waals surface area (Å²) in [6.07, 6.45) is 0. The number of nitrogens with zero attached hydrogens (tertiary/aromatic N) is 1. The highest BCUT2D eigenvalue weighted by Gasteiger charge is 2.39. The Bertz CT molecular complexity index is 1330. The van der Waals surface area contributed by atoms with Gasteiger partial charge in [0.15, 0.2) is 0 Å². The molecule has 3 aromatic carbocycles. The van der Waals surface area contributed by atoms with Crippen LogP contribution in [0, 0.1) is 5.82 Å². The fourth-order valence-electron chi connectivity index (χ4n) is 3.09. The molecule has 1 aliphatic rings.